The molecule has 2 rings (SSSR count). The highest BCUT2D eigenvalue weighted by Crippen LogP contribution is 2.35. The van der Waals surface area contributed by atoms with Gasteiger partial charge in [-0.25, -0.2) is 0 Å². The molecular weight excluding hydrogens is 174 g/mol. The maximum atomic E-state index is 9.94. The lowest BCUT2D eigenvalue weighted by Gasteiger charge is -2.29. The number of hydrogen-bond acceptors (Lipinski definition) is 2. The molecule has 82 valence electrons. The van der Waals surface area contributed by atoms with E-state index in [1.54, 1.807) is 0 Å². The topological polar surface area (TPSA) is 23.5 Å². The molecule has 3 unspecified atom stereocenters. The molecule has 0 spiro atoms. The molecule has 2 nitrogen and oxygen atoms in total. The largest absolute Gasteiger partial charge is 0.392 e. The van der Waals surface area contributed by atoms with E-state index in [0.717, 1.165) is 12.6 Å². The van der Waals surface area contributed by atoms with E-state index in [1.807, 2.05) is 0 Å². The standard InChI is InChI=1S/C12H23NO/c1-3-11-7-4-9(2)13(11)8-12(14)10-5-6-10/h9-12,14H,3-8H2,1-2H3. The van der Waals surface area contributed by atoms with Gasteiger partial charge < -0.3 is 5.11 Å². The van der Waals surface area contributed by atoms with Crippen LogP contribution in [0.15, 0.2) is 0 Å². The Hall–Kier alpha value is -0.0800. The lowest BCUT2D eigenvalue weighted by Crippen LogP contribution is -2.40. The number of aliphatic hydroxyl groups is 1. The zero-order valence-electron chi connectivity index (χ0n) is 9.45. The van der Waals surface area contributed by atoms with E-state index < -0.39 is 0 Å². The summed E-state index contributed by atoms with van der Waals surface area (Å²) in [6.07, 6.45) is 6.33. The van der Waals surface area contributed by atoms with E-state index in [1.165, 1.54) is 32.1 Å². The Labute approximate surface area is 87.3 Å². The first kappa shape index (κ1) is 10.4. The Balaban J connectivity index is 1.86. The molecule has 1 N–H and O–H groups in total. The van der Waals surface area contributed by atoms with Crippen molar-refractivity contribution >= 4 is 0 Å². The molecular formula is C12H23NO. The van der Waals surface area contributed by atoms with E-state index in [4.69, 9.17) is 0 Å². The fourth-order valence-corrected chi connectivity index (χ4v) is 2.74. The third-order valence-electron chi connectivity index (χ3n) is 3.99. The molecule has 1 aliphatic carbocycles. The van der Waals surface area contributed by atoms with Crippen molar-refractivity contribution in [3.05, 3.63) is 0 Å². The van der Waals surface area contributed by atoms with Gasteiger partial charge in [0.1, 0.15) is 0 Å². The highest BCUT2D eigenvalue weighted by molar-refractivity contribution is 4.89. The number of nitrogens with zero attached hydrogens (tertiary/aromatic N) is 1. The van der Waals surface area contributed by atoms with Gasteiger partial charge in [-0.05, 0) is 44.9 Å². The van der Waals surface area contributed by atoms with Gasteiger partial charge in [0.25, 0.3) is 0 Å². The molecule has 2 fully saturated rings. The van der Waals surface area contributed by atoms with Crippen LogP contribution in [0.25, 0.3) is 0 Å². The van der Waals surface area contributed by atoms with Gasteiger partial charge in [0.2, 0.25) is 0 Å². The van der Waals surface area contributed by atoms with Crippen LogP contribution in [-0.4, -0.2) is 34.7 Å². The van der Waals surface area contributed by atoms with Crippen LogP contribution in [0.5, 0.6) is 0 Å². The molecule has 0 aromatic heterocycles. The van der Waals surface area contributed by atoms with Gasteiger partial charge in [0.05, 0.1) is 6.10 Å². The maximum absolute atomic E-state index is 9.94. The van der Waals surface area contributed by atoms with E-state index >= 15 is 0 Å². The van der Waals surface area contributed by atoms with Gasteiger partial charge in [-0.15, -0.1) is 0 Å². The molecule has 0 radical (unpaired) electrons. The normalized spacial score (nSPS) is 36.2. The second kappa shape index (κ2) is 4.19. The van der Waals surface area contributed by atoms with Crippen molar-refractivity contribution in [3.63, 3.8) is 0 Å². The summed E-state index contributed by atoms with van der Waals surface area (Å²) >= 11 is 0. The summed E-state index contributed by atoms with van der Waals surface area (Å²) in [5.41, 5.74) is 0. The molecule has 0 amide bonds. The van der Waals surface area contributed by atoms with Crippen LogP contribution in [0.2, 0.25) is 0 Å². The van der Waals surface area contributed by atoms with Gasteiger partial charge in [-0.3, -0.25) is 4.90 Å². The molecule has 1 saturated heterocycles. The first-order chi connectivity index (χ1) is 6.72. The highest BCUT2D eigenvalue weighted by atomic mass is 16.3. The SMILES string of the molecule is CCC1CCC(C)N1CC(O)C1CC1. The molecule has 0 aromatic rings. The van der Waals surface area contributed by atoms with Crippen LogP contribution in [0.4, 0.5) is 0 Å². The van der Waals surface area contributed by atoms with Crippen LogP contribution in [0.3, 0.4) is 0 Å². The van der Waals surface area contributed by atoms with Crippen LogP contribution in [-0.2, 0) is 0 Å². The summed E-state index contributed by atoms with van der Waals surface area (Å²) in [4.78, 5) is 2.53. The minimum Gasteiger partial charge on any atom is -0.392 e. The van der Waals surface area contributed by atoms with Crippen molar-refractivity contribution in [2.75, 3.05) is 6.54 Å². The number of β-amino-alcohol motifs (C(OH)–C–C–N with tert-alkyl or cyclic N) is 1. The molecule has 1 heterocycles. The summed E-state index contributed by atoms with van der Waals surface area (Å²) in [5.74, 6) is 0.625. The first-order valence-corrected chi connectivity index (χ1v) is 6.16. The minimum atomic E-state index is -0.0513. The van der Waals surface area contributed by atoms with Gasteiger partial charge in [0.15, 0.2) is 0 Å². The van der Waals surface area contributed by atoms with E-state index in [-0.39, 0.29) is 6.10 Å². The fraction of sp³-hybridized carbons (Fsp3) is 1.00. The summed E-state index contributed by atoms with van der Waals surface area (Å²) < 4.78 is 0. The van der Waals surface area contributed by atoms with Crippen molar-refractivity contribution in [1.29, 1.82) is 0 Å². The summed E-state index contributed by atoms with van der Waals surface area (Å²) in [6, 6.07) is 1.42. The third-order valence-corrected chi connectivity index (χ3v) is 3.99. The molecule has 1 aliphatic heterocycles. The monoisotopic (exact) mass is 197 g/mol. The minimum absolute atomic E-state index is 0.0513. The second-order valence-corrected chi connectivity index (χ2v) is 5.09. The number of hydrogen-bond donors (Lipinski definition) is 1. The van der Waals surface area contributed by atoms with E-state index in [0.29, 0.717) is 12.0 Å². The Morgan fingerprint density at radius 1 is 1.29 bits per heavy atom. The predicted octanol–water partition coefficient (Wildman–Crippen LogP) is 2.02. The molecule has 1 saturated carbocycles. The van der Waals surface area contributed by atoms with E-state index in [9.17, 15) is 5.11 Å². The van der Waals surface area contributed by atoms with Crippen molar-refractivity contribution in [2.45, 2.75) is 64.1 Å². The van der Waals surface area contributed by atoms with E-state index in [2.05, 4.69) is 18.7 Å². The average molecular weight is 197 g/mol. The van der Waals surface area contributed by atoms with Gasteiger partial charge in [-0.1, -0.05) is 6.92 Å². The van der Waals surface area contributed by atoms with Gasteiger partial charge >= 0.3 is 0 Å². The lowest BCUT2D eigenvalue weighted by molar-refractivity contribution is 0.0720. The summed E-state index contributed by atoms with van der Waals surface area (Å²) in [7, 11) is 0. The predicted molar refractivity (Wildman–Crippen MR) is 58.2 cm³/mol. The number of rotatable bonds is 4. The number of likely N-dealkylation sites (tertiary alicyclic amines) is 1. The third kappa shape index (κ3) is 2.12. The second-order valence-electron chi connectivity index (χ2n) is 5.09. The summed E-state index contributed by atoms with van der Waals surface area (Å²) in [5, 5.41) is 9.94. The van der Waals surface area contributed by atoms with Crippen LogP contribution in [0, 0.1) is 5.92 Å². The molecule has 0 aromatic carbocycles. The zero-order valence-corrected chi connectivity index (χ0v) is 9.45. The van der Waals surface area contributed by atoms with Crippen molar-refractivity contribution in [2.24, 2.45) is 5.92 Å². The smallest absolute Gasteiger partial charge is 0.0695 e. The van der Waals surface area contributed by atoms with Gasteiger partial charge in [-0.2, -0.15) is 0 Å². The van der Waals surface area contributed by atoms with Crippen LogP contribution in [0.1, 0.15) is 46.0 Å². The Morgan fingerprint density at radius 3 is 2.57 bits per heavy atom. The quantitative estimate of drug-likeness (QED) is 0.745. The lowest BCUT2D eigenvalue weighted by atomic mass is 10.1. The maximum Gasteiger partial charge on any atom is 0.0695 e. The Morgan fingerprint density at radius 2 is 2.00 bits per heavy atom. The number of aliphatic hydroxyl groups excluding tert-OH is 1. The zero-order chi connectivity index (χ0) is 10.1. The van der Waals surface area contributed by atoms with Crippen molar-refractivity contribution in [3.8, 4) is 0 Å². The summed E-state index contributed by atoms with van der Waals surface area (Å²) in [6.45, 7) is 5.48. The van der Waals surface area contributed by atoms with Crippen LogP contribution >= 0.6 is 0 Å². The van der Waals surface area contributed by atoms with Crippen molar-refractivity contribution in [1.82, 2.24) is 4.90 Å². The Kier molecular flexibility index (Phi) is 3.13. The highest BCUT2D eigenvalue weighted by Gasteiger charge is 2.35. The van der Waals surface area contributed by atoms with Gasteiger partial charge in [0, 0.05) is 18.6 Å². The molecule has 2 heteroatoms. The fourth-order valence-electron chi connectivity index (χ4n) is 2.74. The molecule has 2 aliphatic rings. The average Bonchev–Trinajstić information content (AvgIpc) is 2.95. The van der Waals surface area contributed by atoms with Crippen LogP contribution < -0.4 is 0 Å². The van der Waals surface area contributed by atoms with Crippen molar-refractivity contribution < 1.29 is 5.11 Å². The molecule has 14 heavy (non-hydrogen) atoms. The molecule has 3 atom stereocenters. The first-order valence-electron chi connectivity index (χ1n) is 6.16. The Bertz CT molecular complexity index is 191. The molecule has 0 bridgehead atoms.